The summed E-state index contributed by atoms with van der Waals surface area (Å²) >= 11 is 1.58. The molecular weight excluding hydrogens is 262 g/mol. The van der Waals surface area contributed by atoms with Gasteiger partial charge in [0.2, 0.25) is 0 Å². The second-order valence-electron chi connectivity index (χ2n) is 5.38. The molecule has 1 aliphatic heterocycles. The van der Waals surface area contributed by atoms with Gasteiger partial charge in [0.25, 0.3) is 5.91 Å². The fourth-order valence-electron chi connectivity index (χ4n) is 2.13. The highest BCUT2D eigenvalue weighted by Gasteiger charge is 2.22. The van der Waals surface area contributed by atoms with Crippen molar-refractivity contribution in [3.8, 4) is 0 Å². The average Bonchev–Trinajstić information content (AvgIpc) is 3.09. The van der Waals surface area contributed by atoms with Crippen molar-refractivity contribution in [2.24, 2.45) is 5.92 Å². The number of carbonyl (C=O) groups excluding carboxylic acids is 1. The molecule has 2 heterocycles. The maximum absolute atomic E-state index is 11.7. The molecule has 2 aliphatic rings. The van der Waals surface area contributed by atoms with Crippen LogP contribution in [0.15, 0.2) is 0 Å². The van der Waals surface area contributed by atoms with Crippen molar-refractivity contribution in [2.75, 3.05) is 32.1 Å². The largest absolute Gasteiger partial charge is 0.371 e. The molecule has 0 aromatic carbocycles. The summed E-state index contributed by atoms with van der Waals surface area (Å²) in [6.45, 7) is 2.82. The van der Waals surface area contributed by atoms with Crippen molar-refractivity contribution in [1.82, 2.24) is 9.88 Å². The monoisotopic (exact) mass is 281 g/mol. The van der Waals surface area contributed by atoms with Crippen LogP contribution in [0, 0.1) is 5.92 Å². The summed E-state index contributed by atoms with van der Waals surface area (Å²) in [5.74, 6) is 0.593. The van der Waals surface area contributed by atoms with Crippen LogP contribution in [0.5, 0.6) is 0 Å². The van der Waals surface area contributed by atoms with Gasteiger partial charge in [-0.15, -0.1) is 11.3 Å². The number of hydrogen-bond acceptors (Lipinski definition) is 5. The molecule has 1 aliphatic carbocycles. The average molecular weight is 281 g/mol. The lowest BCUT2D eigenvalue weighted by molar-refractivity contribution is -0.120. The van der Waals surface area contributed by atoms with Crippen molar-refractivity contribution in [2.45, 2.75) is 25.8 Å². The number of carbonyl (C=O) groups is 1. The van der Waals surface area contributed by atoms with Gasteiger partial charge in [0.15, 0.2) is 5.13 Å². The summed E-state index contributed by atoms with van der Waals surface area (Å²) in [6, 6.07) is 0. The Bertz CT molecular complexity index is 470. The highest BCUT2D eigenvalue weighted by molar-refractivity contribution is 7.15. The van der Waals surface area contributed by atoms with E-state index in [1.54, 1.807) is 11.3 Å². The van der Waals surface area contributed by atoms with E-state index in [4.69, 9.17) is 4.74 Å². The third-order valence-electron chi connectivity index (χ3n) is 3.45. The molecule has 19 heavy (non-hydrogen) atoms. The van der Waals surface area contributed by atoms with Crippen LogP contribution in [0.3, 0.4) is 0 Å². The van der Waals surface area contributed by atoms with Crippen LogP contribution in [-0.4, -0.2) is 42.6 Å². The number of likely N-dealkylation sites (N-methyl/N-ethyl adjacent to an activating group) is 1. The Morgan fingerprint density at radius 3 is 3.21 bits per heavy atom. The molecule has 104 valence electrons. The van der Waals surface area contributed by atoms with E-state index in [1.165, 1.54) is 17.7 Å². The molecule has 3 rings (SSSR count). The van der Waals surface area contributed by atoms with E-state index in [0.717, 1.165) is 25.2 Å². The van der Waals surface area contributed by atoms with Crippen LogP contribution < -0.4 is 5.32 Å². The SMILES string of the molecule is CN1CCc2nc(NC(=O)COCC3CC3)sc2C1. The quantitative estimate of drug-likeness (QED) is 0.888. The van der Waals surface area contributed by atoms with Gasteiger partial charge in [-0.1, -0.05) is 0 Å². The van der Waals surface area contributed by atoms with Crippen molar-refractivity contribution in [3.05, 3.63) is 10.6 Å². The van der Waals surface area contributed by atoms with Crippen molar-refractivity contribution in [3.63, 3.8) is 0 Å². The van der Waals surface area contributed by atoms with E-state index in [-0.39, 0.29) is 12.5 Å². The summed E-state index contributed by atoms with van der Waals surface area (Å²) in [7, 11) is 2.10. The molecule has 0 radical (unpaired) electrons. The molecule has 1 aromatic rings. The molecule has 0 atom stereocenters. The van der Waals surface area contributed by atoms with Gasteiger partial charge in [0.05, 0.1) is 12.3 Å². The zero-order valence-electron chi connectivity index (χ0n) is 11.1. The number of thiazole rings is 1. The number of rotatable bonds is 5. The number of ether oxygens (including phenoxy) is 1. The molecule has 5 nitrogen and oxygen atoms in total. The summed E-state index contributed by atoms with van der Waals surface area (Å²) < 4.78 is 5.37. The highest BCUT2D eigenvalue weighted by Crippen LogP contribution is 2.29. The van der Waals surface area contributed by atoms with E-state index < -0.39 is 0 Å². The molecule has 0 bridgehead atoms. The molecule has 0 saturated heterocycles. The fourth-order valence-corrected chi connectivity index (χ4v) is 3.24. The first-order valence-electron chi connectivity index (χ1n) is 6.75. The number of fused-ring (bicyclic) bond motifs is 1. The van der Waals surface area contributed by atoms with Gasteiger partial charge >= 0.3 is 0 Å². The van der Waals surface area contributed by atoms with Crippen molar-refractivity contribution < 1.29 is 9.53 Å². The molecule has 1 N–H and O–H groups in total. The molecule has 1 fully saturated rings. The maximum Gasteiger partial charge on any atom is 0.252 e. The lowest BCUT2D eigenvalue weighted by Gasteiger charge is -2.20. The minimum atomic E-state index is -0.0971. The molecule has 1 amide bonds. The zero-order chi connectivity index (χ0) is 13.2. The van der Waals surface area contributed by atoms with Crippen LogP contribution in [0.25, 0.3) is 0 Å². The number of aromatic nitrogens is 1. The molecule has 0 spiro atoms. The minimum absolute atomic E-state index is 0.0971. The normalized spacial score (nSPS) is 19.2. The Labute approximate surface area is 117 Å². The third kappa shape index (κ3) is 3.52. The van der Waals surface area contributed by atoms with Gasteiger partial charge in [-0.05, 0) is 25.8 Å². The van der Waals surface area contributed by atoms with E-state index in [0.29, 0.717) is 17.7 Å². The smallest absolute Gasteiger partial charge is 0.252 e. The summed E-state index contributed by atoms with van der Waals surface area (Å²) in [5, 5.41) is 3.54. The first-order chi connectivity index (χ1) is 9.20. The Hall–Kier alpha value is -0.980. The van der Waals surface area contributed by atoms with Crippen molar-refractivity contribution in [1.29, 1.82) is 0 Å². The summed E-state index contributed by atoms with van der Waals surface area (Å²) in [4.78, 5) is 19.7. The highest BCUT2D eigenvalue weighted by atomic mass is 32.1. The maximum atomic E-state index is 11.7. The summed E-state index contributed by atoms with van der Waals surface area (Å²) in [5.41, 5.74) is 1.14. The standard InChI is InChI=1S/C13H19N3O2S/c1-16-5-4-10-11(6-16)19-13(14-10)15-12(17)8-18-7-9-2-3-9/h9H,2-8H2,1H3,(H,14,15,17). The molecule has 0 unspecified atom stereocenters. The van der Waals surface area contributed by atoms with Gasteiger partial charge in [0.1, 0.15) is 6.61 Å². The fraction of sp³-hybridized carbons (Fsp3) is 0.692. The lowest BCUT2D eigenvalue weighted by Crippen LogP contribution is -2.25. The van der Waals surface area contributed by atoms with Crippen LogP contribution in [0.2, 0.25) is 0 Å². The number of anilines is 1. The van der Waals surface area contributed by atoms with Gasteiger partial charge in [-0.2, -0.15) is 0 Å². The second kappa shape index (κ2) is 5.56. The minimum Gasteiger partial charge on any atom is -0.371 e. The van der Waals surface area contributed by atoms with Crippen LogP contribution in [0.4, 0.5) is 5.13 Å². The summed E-state index contributed by atoms with van der Waals surface area (Å²) in [6.07, 6.45) is 3.46. The van der Waals surface area contributed by atoms with Crippen LogP contribution in [0.1, 0.15) is 23.4 Å². The number of hydrogen-bond donors (Lipinski definition) is 1. The lowest BCUT2D eigenvalue weighted by atomic mass is 10.2. The molecular formula is C13H19N3O2S. The Kier molecular flexibility index (Phi) is 3.81. The first-order valence-corrected chi connectivity index (χ1v) is 7.57. The van der Waals surface area contributed by atoms with Crippen LogP contribution >= 0.6 is 11.3 Å². The van der Waals surface area contributed by atoms with Crippen LogP contribution in [-0.2, 0) is 22.5 Å². The third-order valence-corrected chi connectivity index (χ3v) is 4.45. The zero-order valence-corrected chi connectivity index (χ0v) is 12.0. The van der Waals surface area contributed by atoms with Gasteiger partial charge in [0, 0.05) is 24.4 Å². The first kappa shape index (κ1) is 13.0. The van der Waals surface area contributed by atoms with E-state index in [2.05, 4.69) is 22.2 Å². The topological polar surface area (TPSA) is 54.5 Å². The Morgan fingerprint density at radius 1 is 1.58 bits per heavy atom. The van der Waals surface area contributed by atoms with E-state index in [9.17, 15) is 4.79 Å². The predicted octanol–water partition coefficient (Wildman–Crippen LogP) is 1.50. The number of amides is 1. The second-order valence-corrected chi connectivity index (χ2v) is 6.47. The number of nitrogens with one attached hydrogen (secondary N) is 1. The Morgan fingerprint density at radius 2 is 2.42 bits per heavy atom. The van der Waals surface area contributed by atoms with Gasteiger partial charge in [-0.25, -0.2) is 4.98 Å². The van der Waals surface area contributed by atoms with Gasteiger partial charge < -0.3 is 9.64 Å². The Balaban J connectivity index is 1.50. The molecule has 1 saturated carbocycles. The van der Waals surface area contributed by atoms with Gasteiger partial charge in [-0.3, -0.25) is 10.1 Å². The van der Waals surface area contributed by atoms with Crippen molar-refractivity contribution >= 4 is 22.4 Å². The van der Waals surface area contributed by atoms with E-state index >= 15 is 0 Å². The van der Waals surface area contributed by atoms with E-state index in [1.807, 2.05) is 0 Å². The number of nitrogens with zero attached hydrogens (tertiary/aromatic N) is 2. The molecule has 6 heteroatoms. The molecule has 1 aromatic heterocycles. The predicted molar refractivity (Wildman–Crippen MR) is 74.3 cm³/mol.